The quantitative estimate of drug-likeness (QED) is 0.661. The van der Waals surface area contributed by atoms with Crippen molar-refractivity contribution in [2.24, 2.45) is 0 Å². The first-order chi connectivity index (χ1) is 13.2. The summed E-state index contributed by atoms with van der Waals surface area (Å²) in [6.07, 6.45) is 2.53. The molecule has 4 nitrogen and oxygen atoms in total. The molecule has 2 aliphatic rings. The van der Waals surface area contributed by atoms with Gasteiger partial charge in [-0.15, -0.1) is 11.8 Å². The molecule has 0 bridgehead atoms. The van der Waals surface area contributed by atoms with E-state index in [9.17, 15) is 4.79 Å². The highest BCUT2D eigenvalue weighted by atomic mass is 35.5. The molecule has 0 saturated carbocycles. The van der Waals surface area contributed by atoms with E-state index in [4.69, 9.17) is 21.1 Å². The van der Waals surface area contributed by atoms with Gasteiger partial charge in [0.1, 0.15) is 13.2 Å². The van der Waals surface area contributed by atoms with Gasteiger partial charge in [0.25, 0.3) is 0 Å². The van der Waals surface area contributed by atoms with Crippen molar-refractivity contribution in [2.45, 2.75) is 30.2 Å². The first-order valence-corrected chi connectivity index (χ1v) is 10.6. The summed E-state index contributed by atoms with van der Waals surface area (Å²) >= 11 is 7.82. The second-order valence-electron chi connectivity index (χ2n) is 6.68. The Hall–Kier alpha value is -1.85. The predicted molar refractivity (Wildman–Crippen MR) is 108 cm³/mol. The van der Waals surface area contributed by atoms with Crippen molar-refractivity contribution >= 4 is 29.3 Å². The van der Waals surface area contributed by atoms with Crippen LogP contribution in [0.5, 0.6) is 11.5 Å². The van der Waals surface area contributed by atoms with Gasteiger partial charge in [-0.1, -0.05) is 29.8 Å². The zero-order valence-corrected chi connectivity index (χ0v) is 16.6. The smallest absolute Gasteiger partial charge is 0.223 e. The number of halogens is 1. The topological polar surface area (TPSA) is 38.8 Å². The molecule has 1 fully saturated rings. The normalized spacial score (nSPS) is 18.6. The van der Waals surface area contributed by atoms with Gasteiger partial charge in [-0.05, 0) is 42.7 Å². The van der Waals surface area contributed by atoms with Crippen molar-refractivity contribution in [1.29, 1.82) is 0 Å². The third kappa shape index (κ3) is 4.19. The molecule has 1 saturated heterocycles. The van der Waals surface area contributed by atoms with E-state index in [-0.39, 0.29) is 11.9 Å². The highest BCUT2D eigenvalue weighted by Crippen LogP contribution is 2.38. The van der Waals surface area contributed by atoms with E-state index in [0.29, 0.717) is 19.6 Å². The van der Waals surface area contributed by atoms with Crippen LogP contribution in [0.2, 0.25) is 5.02 Å². The molecule has 2 aromatic carbocycles. The second-order valence-corrected chi connectivity index (χ2v) is 8.22. The van der Waals surface area contributed by atoms with Gasteiger partial charge in [0, 0.05) is 23.6 Å². The minimum Gasteiger partial charge on any atom is -0.486 e. The lowest BCUT2D eigenvalue weighted by molar-refractivity contribution is -0.131. The summed E-state index contributed by atoms with van der Waals surface area (Å²) in [5.74, 6) is 2.50. The average Bonchev–Trinajstić information content (AvgIpc) is 3.19. The lowest BCUT2D eigenvalue weighted by atomic mass is 10.0. The van der Waals surface area contributed by atoms with E-state index in [1.807, 2.05) is 41.3 Å². The van der Waals surface area contributed by atoms with Crippen LogP contribution in [-0.2, 0) is 4.79 Å². The Labute approximate surface area is 168 Å². The summed E-state index contributed by atoms with van der Waals surface area (Å²) in [7, 11) is 0. The van der Waals surface area contributed by atoms with E-state index < -0.39 is 0 Å². The minimum atomic E-state index is 0.124. The summed E-state index contributed by atoms with van der Waals surface area (Å²) in [6, 6.07) is 13.9. The molecule has 27 heavy (non-hydrogen) atoms. The van der Waals surface area contributed by atoms with Gasteiger partial charge in [-0.3, -0.25) is 4.79 Å². The number of carbonyl (C=O) groups is 1. The molecule has 0 aliphatic carbocycles. The first kappa shape index (κ1) is 18.5. The first-order valence-electron chi connectivity index (χ1n) is 9.29. The third-order valence-electron chi connectivity index (χ3n) is 4.93. The van der Waals surface area contributed by atoms with Gasteiger partial charge in [0.05, 0.1) is 11.1 Å². The summed E-state index contributed by atoms with van der Waals surface area (Å²) < 4.78 is 11.3. The van der Waals surface area contributed by atoms with Gasteiger partial charge in [-0.2, -0.15) is 0 Å². The van der Waals surface area contributed by atoms with Crippen LogP contribution in [0.4, 0.5) is 0 Å². The lowest BCUT2D eigenvalue weighted by Crippen LogP contribution is -2.30. The van der Waals surface area contributed by atoms with E-state index in [1.165, 1.54) is 0 Å². The number of fused-ring (bicyclic) bond motifs is 1. The van der Waals surface area contributed by atoms with Gasteiger partial charge in [0.2, 0.25) is 5.91 Å². The molecule has 0 radical (unpaired) electrons. The largest absolute Gasteiger partial charge is 0.486 e. The SMILES string of the molecule is O=C(CCSc1ccccc1Cl)N1CCCC1c1ccc2c(c1)OCCO2. The van der Waals surface area contributed by atoms with E-state index in [2.05, 4.69) is 6.07 Å². The average molecular weight is 404 g/mol. The van der Waals surface area contributed by atoms with E-state index >= 15 is 0 Å². The molecule has 2 heterocycles. The Morgan fingerprint density at radius 1 is 1.15 bits per heavy atom. The van der Waals surface area contributed by atoms with Crippen molar-refractivity contribution in [3.05, 3.63) is 53.1 Å². The van der Waals surface area contributed by atoms with Gasteiger partial charge >= 0.3 is 0 Å². The molecule has 1 amide bonds. The second kappa shape index (κ2) is 8.44. The number of amides is 1. The number of thioether (sulfide) groups is 1. The van der Waals surface area contributed by atoms with Crippen molar-refractivity contribution in [3.63, 3.8) is 0 Å². The van der Waals surface area contributed by atoms with Crippen LogP contribution >= 0.6 is 23.4 Å². The maximum atomic E-state index is 12.8. The van der Waals surface area contributed by atoms with Crippen LogP contribution in [0.3, 0.4) is 0 Å². The van der Waals surface area contributed by atoms with E-state index in [1.54, 1.807) is 11.8 Å². The van der Waals surface area contributed by atoms with Crippen molar-refractivity contribution in [3.8, 4) is 11.5 Å². The standard InChI is InChI=1S/C21H22ClNO3S/c22-16-4-1-2-6-20(16)27-13-9-21(24)23-10-3-5-17(23)15-7-8-18-19(14-15)26-12-11-25-18/h1-2,4,6-8,14,17H,3,5,9-13H2. The number of ether oxygens (including phenoxy) is 2. The Bertz CT molecular complexity index is 829. The summed E-state index contributed by atoms with van der Waals surface area (Å²) in [5, 5.41) is 0.741. The number of likely N-dealkylation sites (tertiary alicyclic amines) is 1. The highest BCUT2D eigenvalue weighted by molar-refractivity contribution is 7.99. The molecule has 2 aliphatic heterocycles. The maximum absolute atomic E-state index is 12.8. The molecule has 6 heteroatoms. The molecular weight excluding hydrogens is 382 g/mol. The number of carbonyl (C=O) groups excluding carboxylic acids is 1. The fourth-order valence-electron chi connectivity index (χ4n) is 3.63. The Balaban J connectivity index is 1.39. The summed E-state index contributed by atoms with van der Waals surface area (Å²) in [4.78, 5) is 15.9. The van der Waals surface area contributed by atoms with Gasteiger partial charge < -0.3 is 14.4 Å². The summed E-state index contributed by atoms with van der Waals surface area (Å²) in [5.41, 5.74) is 1.13. The maximum Gasteiger partial charge on any atom is 0.223 e. The molecule has 4 rings (SSSR count). The Morgan fingerprint density at radius 3 is 2.81 bits per heavy atom. The molecular formula is C21H22ClNO3S. The van der Waals surface area contributed by atoms with Gasteiger partial charge in [-0.25, -0.2) is 0 Å². The van der Waals surface area contributed by atoms with Crippen molar-refractivity contribution in [1.82, 2.24) is 4.90 Å². The lowest BCUT2D eigenvalue weighted by Gasteiger charge is -2.27. The zero-order valence-electron chi connectivity index (χ0n) is 15.0. The predicted octanol–water partition coefficient (Wildman–Crippen LogP) is 4.96. The molecule has 0 aromatic heterocycles. The van der Waals surface area contributed by atoms with Crippen LogP contribution < -0.4 is 9.47 Å². The van der Waals surface area contributed by atoms with Crippen molar-refractivity contribution in [2.75, 3.05) is 25.5 Å². The Morgan fingerprint density at radius 2 is 1.96 bits per heavy atom. The number of benzene rings is 2. The van der Waals surface area contributed by atoms with Crippen LogP contribution in [0, 0.1) is 0 Å². The van der Waals surface area contributed by atoms with Crippen LogP contribution in [0.25, 0.3) is 0 Å². The molecule has 0 N–H and O–H groups in total. The van der Waals surface area contributed by atoms with Crippen LogP contribution in [0.1, 0.15) is 30.9 Å². The summed E-state index contributed by atoms with van der Waals surface area (Å²) in [6.45, 7) is 1.97. The van der Waals surface area contributed by atoms with Crippen LogP contribution in [-0.4, -0.2) is 36.3 Å². The molecule has 1 atom stereocenters. The molecule has 142 valence electrons. The number of nitrogens with zero attached hydrogens (tertiary/aromatic N) is 1. The van der Waals surface area contributed by atoms with Crippen molar-refractivity contribution < 1.29 is 14.3 Å². The number of hydrogen-bond donors (Lipinski definition) is 0. The number of hydrogen-bond acceptors (Lipinski definition) is 4. The minimum absolute atomic E-state index is 0.124. The third-order valence-corrected chi connectivity index (χ3v) is 6.45. The fourth-order valence-corrected chi connectivity index (χ4v) is 4.81. The fraction of sp³-hybridized carbons (Fsp3) is 0.381. The van der Waals surface area contributed by atoms with Crippen LogP contribution in [0.15, 0.2) is 47.4 Å². The monoisotopic (exact) mass is 403 g/mol. The number of rotatable bonds is 5. The molecule has 2 aromatic rings. The van der Waals surface area contributed by atoms with Gasteiger partial charge in [0.15, 0.2) is 11.5 Å². The molecule has 0 spiro atoms. The highest BCUT2D eigenvalue weighted by Gasteiger charge is 2.30. The molecule has 1 unspecified atom stereocenters. The van der Waals surface area contributed by atoms with E-state index in [0.717, 1.165) is 52.1 Å². The Kier molecular flexibility index (Phi) is 5.79. The zero-order chi connectivity index (χ0) is 18.6.